The predicted octanol–water partition coefficient (Wildman–Crippen LogP) is 3.50. The fourth-order valence-electron chi connectivity index (χ4n) is 2.52. The van der Waals surface area contributed by atoms with Crippen LogP contribution >= 0.6 is 0 Å². The Bertz CT molecular complexity index is 345. The van der Waals surface area contributed by atoms with Gasteiger partial charge in [-0.3, -0.25) is 0 Å². The normalized spacial score (nSPS) is 16.7. The molecular formula is C16H25NO. The molecule has 0 atom stereocenters. The van der Waals surface area contributed by atoms with Gasteiger partial charge in [0.25, 0.3) is 0 Å². The highest BCUT2D eigenvalue weighted by molar-refractivity contribution is 5.28. The van der Waals surface area contributed by atoms with Crippen molar-refractivity contribution in [2.24, 2.45) is 0 Å². The third-order valence-corrected chi connectivity index (χ3v) is 3.64. The molecule has 0 amide bonds. The molecule has 0 saturated carbocycles. The van der Waals surface area contributed by atoms with Gasteiger partial charge in [-0.2, -0.15) is 0 Å². The molecule has 0 aliphatic carbocycles. The van der Waals surface area contributed by atoms with Gasteiger partial charge in [0.05, 0.1) is 6.61 Å². The van der Waals surface area contributed by atoms with E-state index in [0.29, 0.717) is 0 Å². The van der Waals surface area contributed by atoms with E-state index in [2.05, 4.69) is 36.1 Å². The average Bonchev–Trinajstić information content (AvgIpc) is 2.45. The summed E-state index contributed by atoms with van der Waals surface area (Å²) < 4.78 is 5.81. The van der Waals surface area contributed by atoms with E-state index >= 15 is 0 Å². The van der Waals surface area contributed by atoms with Gasteiger partial charge in [-0.25, -0.2) is 0 Å². The molecule has 1 aromatic rings. The highest BCUT2D eigenvalue weighted by Gasteiger charge is 2.08. The summed E-state index contributed by atoms with van der Waals surface area (Å²) in [6.07, 6.45) is 6.37. The number of likely N-dealkylation sites (tertiary alicyclic amines) is 1. The number of hydrogen-bond acceptors (Lipinski definition) is 2. The summed E-state index contributed by atoms with van der Waals surface area (Å²) in [5.74, 6) is 1.02. The van der Waals surface area contributed by atoms with Gasteiger partial charge in [-0.05, 0) is 56.5 Å². The molecule has 0 N–H and O–H groups in total. The van der Waals surface area contributed by atoms with E-state index in [-0.39, 0.29) is 0 Å². The van der Waals surface area contributed by atoms with Crippen LogP contribution in [0.5, 0.6) is 5.75 Å². The lowest BCUT2D eigenvalue weighted by atomic mass is 10.1. The average molecular weight is 247 g/mol. The number of rotatable bonds is 6. The maximum Gasteiger partial charge on any atom is 0.119 e. The third kappa shape index (κ3) is 4.34. The maximum atomic E-state index is 5.81. The second kappa shape index (κ2) is 7.42. The molecule has 1 fully saturated rings. The summed E-state index contributed by atoms with van der Waals surface area (Å²) in [7, 11) is 0. The van der Waals surface area contributed by atoms with E-state index in [4.69, 9.17) is 4.74 Å². The van der Waals surface area contributed by atoms with Crippen LogP contribution in [0.3, 0.4) is 0 Å². The zero-order valence-electron chi connectivity index (χ0n) is 11.5. The molecule has 1 aliphatic heterocycles. The molecule has 0 bridgehead atoms. The summed E-state index contributed by atoms with van der Waals surface area (Å²) in [6.45, 7) is 6.77. The summed E-state index contributed by atoms with van der Waals surface area (Å²) in [6, 6.07) is 8.44. The second-order valence-electron chi connectivity index (χ2n) is 5.11. The van der Waals surface area contributed by atoms with Crippen LogP contribution in [-0.4, -0.2) is 31.1 Å². The Morgan fingerprint density at radius 3 is 2.78 bits per heavy atom. The van der Waals surface area contributed by atoms with Crippen LogP contribution in [-0.2, 0) is 6.42 Å². The molecular weight excluding hydrogens is 222 g/mol. The van der Waals surface area contributed by atoms with Crippen LogP contribution in [0.2, 0.25) is 0 Å². The minimum absolute atomic E-state index is 0.837. The topological polar surface area (TPSA) is 12.5 Å². The molecule has 1 aliphatic rings. The van der Waals surface area contributed by atoms with E-state index in [9.17, 15) is 0 Å². The van der Waals surface area contributed by atoms with E-state index in [0.717, 1.165) is 25.2 Å². The maximum absolute atomic E-state index is 5.81. The smallest absolute Gasteiger partial charge is 0.119 e. The minimum atomic E-state index is 0.837. The molecule has 2 nitrogen and oxygen atoms in total. The van der Waals surface area contributed by atoms with Crippen molar-refractivity contribution in [3.05, 3.63) is 29.8 Å². The monoisotopic (exact) mass is 247 g/mol. The zero-order valence-corrected chi connectivity index (χ0v) is 11.5. The van der Waals surface area contributed by atoms with Crippen molar-refractivity contribution < 1.29 is 4.74 Å². The zero-order chi connectivity index (χ0) is 12.6. The summed E-state index contributed by atoms with van der Waals surface area (Å²) in [4.78, 5) is 2.56. The quantitative estimate of drug-likeness (QED) is 0.713. The number of nitrogens with zero attached hydrogens (tertiary/aromatic N) is 1. The van der Waals surface area contributed by atoms with Gasteiger partial charge in [-0.1, -0.05) is 25.5 Å². The number of piperidine rings is 1. The highest BCUT2D eigenvalue weighted by Crippen LogP contribution is 2.14. The van der Waals surface area contributed by atoms with Crippen molar-refractivity contribution in [3.8, 4) is 5.75 Å². The number of hydrogen-bond donors (Lipinski definition) is 0. The molecule has 0 radical (unpaired) electrons. The van der Waals surface area contributed by atoms with E-state index in [1.54, 1.807) is 0 Å². The van der Waals surface area contributed by atoms with Crippen LogP contribution in [0.4, 0.5) is 0 Å². The Hall–Kier alpha value is -1.02. The first-order valence-corrected chi connectivity index (χ1v) is 7.32. The fraction of sp³-hybridized carbons (Fsp3) is 0.625. The molecule has 0 aromatic heterocycles. The Kier molecular flexibility index (Phi) is 5.53. The van der Waals surface area contributed by atoms with Crippen molar-refractivity contribution in [2.45, 2.75) is 39.0 Å². The van der Waals surface area contributed by atoms with E-state index in [1.165, 1.54) is 44.5 Å². The number of aryl methyl sites for hydroxylation is 1. The van der Waals surface area contributed by atoms with Gasteiger partial charge in [0, 0.05) is 6.54 Å². The Morgan fingerprint density at radius 1 is 1.17 bits per heavy atom. The molecule has 2 rings (SSSR count). The second-order valence-corrected chi connectivity index (χ2v) is 5.11. The van der Waals surface area contributed by atoms with Crippen molar-refractivity contribution in [3.63, 3.8) is 0 Å². The van der Waals surface area contributed by atoms with Crippen molar-refractivity contribution in [2.75, 3.05) is 26.2 Å². The standard InChI is InChI=1S/C16H25NO/c1-2-15-8-6-9-16(14-15)18-13-7-12-17-10-4-3-5-11-17/h6,8-9,14H,2-5,7,10-13H2,1H3. The lowest BCUT2D eigenvalue weighted by molar-refractivity contribution is 0.205. The van der Waals surface area contributed by atoms with Crippen LogP contribution < -0.4 is 4.74 Å². The van der Waals surface area contributed by atoms with Gasteiger partial charge in [0.15, 0.2) is 0 Å². The van der Waals surface area contributed by atoms with Crippen LogP contribution in [0.1, 0.15) is 38.2 Å². The molecule has 1 saturated heterocycles. The fourth-order valence-corrected chi connectivity index (χ4v) is 2.52. The molecule has 1 aromatic carbocycles. The lowest BCUT2D eigenvalue weighted by Gasteiger charge is -2.26. The SMILES string of the molecule is CCc1cccc(OCCCN2CCCCC2)c1. The van der Waals surface area contributed by atoms with Gasteiger partial charge in [0.1, 0.15) is 5.75 Å². The third-order valence-electron chi connectivity index (χ3n) is 3.64. The molecule has 18 heavy (non-hydrogen) atoms. The van der Waals surface area contributed by atoms with Crippen molar-refractivity contribution in [1.82, 2.24) is 4.90 Å². The first-order valence-electron chi connectivity index (χ1n) is 7.32. The first kappa shape index (κ1) is 13.4. The van der Waals surface area contributed by atoms with Crippen molar-refractivity contribution in [1.29, 1.82) is 0 Å². The molecule has 0 unspecified atom stereocenters. The van der Waals surface area contributed by atoms with Crippen LogP contribution in [0.15, 0.2) is 24.3 Å². The van der Waals surface area contributed by atoms with E-state index in [1.807, 2.05) is 0 Å². The molecule has 100 valence electrons. The van der Waals surface area contributed by atoms with Gasteiger partial charge >= 0.3 is 0 Å². The highest BCUT2D eigenvalue weighted by atomic mass is 16.5. The predicted molar refractivity (Wildman–Crippen MR) is 76.2 cm³/mol. The molecule has 2 heteroatoms. The van der Waals surface area contributed by atoms with E-state index < -0.39 is 0 Å². The van der Waals surface area contributed by atoms with Crippen molar-refractivity contribution >= 4 is 0 Å². The first-order chi connectivity index (χ1) is 8.88. The van der Waals surface area contributed by atoms with Gasteiger partial charge in [0.2, 0.25) is 0 Å². The Morgan fingerprint density at radius 2 is 2.00 bits per heavy atom. The van der Waals surface area contributed by atoms with Crippen LogP contribution in [0, 0.1) is 0 Å². The minimum Gasteiger partial charge on any atom is -0.494 e. The lowest BCUT2D eigenvalue weighted by Crippen LogP contribution is -2.31. The number of ether oxygens (including phenoxy) is 1. The Balaban J connectivity index is 1.65. The van der Waals surface area contributed by atoms with Gasteiger partial charge in [-0.15, -0.1) is 0 Å². The summed E-state index contributed by atoms with van der Waals surface area (Å²) in [5.41, 5.74) is 1.35. The largest absolute Gasteiger partial charge is 0.494 e. The molecule has 0 spiro atoms. The number of benzene rings is 1. The molecule has 1 heterocycles. The summed E-state index contributed by atoms with van der Waals surface area (Å²) in [5, 5.41) is 0. The van der Waals surface area contributed by atoms with Gasteiger partial charge < -0.3 is 9.64 Å². The Labute approximate surface area is 111 Å². The summed E-state index contributed by atoms with van der Waals surface area (Å²) >= 11 is 0. The van der Waals surface area contributed by atoms with Crippen LogP contribution in [0.25, 0.3) is 0 Å².